The first-order valence-electron chi connectivity index (χ1n) is 16.9. The fourth-order valence-electron chi connectivity index (χ4n) is 8.01. The SMILES string of the molecule is CC1(C)c2ccccc2-c2ccc(N(c3ccccc3)c3ccc(-c4nc5ccccc5c5cc6sc7ccccc7c6cc45)cc3)cc21. The van der Waals surface area contributed by atoms with E-state index in [9.17, 15) is 0 Å². The molecule has 9 aromatic rings. The van der Waals surface area contributed by atoms with Crippen LogP contribution in [0.15, 0.2) is 158 Å². The first-order chi connectivity index (χ1) is 24.0. The van der Waals surface area contributed by atoms with Crippen molar-refractivity contribution in [1.82, 2.24) is 4.98 Å². The van der Waals surface area contributed by atoms with E-state index in [1.165, 1.54) is 58.6 Å². The Labute approximate surface area is 289 Å². The molecule has 0 N–H and O–H groups in total. The Morgan fingerprint density at radius 3 is 2.00 bits per heavy atom. The van der Waals surface area contributed by atoms with E-state index in [1.807, 2.05) is 11.3 Å². The molecule has 0 bridgehead atoms. The molecule has 10 rings (SSSR count). The van der Waals surface area contributed by atoms with Crippen molar-refractivity contribution < 1.29 is 0 Å². The van der Waals surface area contributed by atoms with Crippen molar-refractivity contribution in [1.29, 1.82) is 0 Å². The summed E-state index contributed by atoms with van der Waals surface area (Å²) in [5.74, 6) is 0. The van der Waals surface area contributed by atoms with Gasteiger partial charge in [0.05, 0.1) is 11.2 Å². The Hall–Kier alpha value is -5.77. The van der Waals surface area contributed by atoms with Crippen molar-refractivity contribution >= 4 is 70.2 Å². The predicted octanol–water partition coefficient (Wildman–Crippen LogP) is 13.2. The van der Waals surface area contributed by atoms with Gasteiger partial charge in [0.2, 0.25) is 0 Å². The molecule has 0 saturated heterocycles. The number of pyridine rings is 1. The summed E-state index contributed by atoms with van der Waals surface area (Å²) < 4.78 is 2.63. The molecule has 0 unspecified atom stereocenters. The average molecular weight is 645 g/mol. The zero-order chi connectivity index (χ0) is 32.7. The van der Waals surface area contributed by atoms with Crippen LogP contribution in [-0.2, 0) is 5.41 Å². The lowest BCUT2D eigenvalue weighted by molar-refractivity contribution is 0.660. The van der Waals surface area contributed by atoms with Crippen LogP contribution in [0.2, 0.25) is 0 Å². The number of fused-ring (bicyclic) bond motifs is 9. The smallest absolute Gasteiger partial charge is 0.0788 e. The largest absolute Gasteiger partial charge is 0.310 e. The molecule has 232 valence electrons. The lowest BCUT2D eigenvalue weighted by Crippen LogP contribution is -2.16. The molecule has 2 heterocycles. The fraction of sp³-hybridized carbons (Fsp3) is 0.0652. The van der Waals surface area contributed by atoms with Gasteiger partial charge in [-0.1, -0.05) is 111 Å². The van der Waals surface area contributed by atoms with Crippen LogP contribution >= 0.6 is 11.3 Å². The first kappa shape index (κ1) is 28.3. The van der Waals surface area contributed by atoms with Crippen molar-refractivity contribution in [3.8, 4) is 22.4 Å². The number of nitrogens with zero attached hydrogens (tertiary/aromatic N) is 2. The Bertz CT molecular complexity index is 2740. The minimum absolute atomic E-state index is 0.0733. The first-order valence-corrected chi connectivity index (χ1v) is 17.7. The highest BCUT2D eigenvalue weighted by atomic mass is 32.1. The highest BCUT2D eigenvalue weighted by molar-refractivity contribution is 7.25. The van der Waals surface area contributed by atoms with Gasteiger partial charge in [0.1, 0.15) is 0 Å². The van der Waals surface area contributed by atoms with Crippen LogP contribution in [0.4, 0.5) is 17.1 Å². The summed E-state index contributed by atoms with van der Waals surface area (Å²) in [5, 5.41) is 6.21. The zero-order valence-corrected chi connectivity index (χ0v) is 28.1. The molecule has 0 saturated carbocycles. The minimum atomic E-state index is -0.0733. The Kier molecular flexibility index (Phi) is 6.12. The summed E-state index contributed by atoms with van der Waals surface area (Å²) in [6.07, 6.45) is 0. The van der Waals surface area contributed by atoms with Gasteiger partial charge in [0, 0.05) is 59.0 Å². The maximum Gasteiger partial charge on any atom is 0.0788 e. The number of benzene rings is 7. The van der Waals surface area contributed by atoms with Gasteiger partial charge in [0.25, 0.3) is 0 Å². The van der Waals surface area contributed by atoms with Crippen molar-refractivity contribution in [3.05, 3.63) is 169 Å². The second-order valence-corrected chi connectivity index (χ2v) is 14.7. The molecule has 1 aliphatic rings. The van der Waals surface area contributed by atoms with Crippen LogP contribution in [0.1, 0.15) is 25.0 Å². The van der Waals surface area contributed by atoms with E-state index >= 15 is 0 Å². The number of rotatable bonds is 4. The molecule has 2 nitrogen and oxygen atoms in total. The molecule has 0 aliphatic heterocycles. The van der Waals surface area contributed by atoms with E-state index in [0.717, 1.165) is 33.8 Å². The standard InChI is InChI=1S/C46H32N2S/c1-46(2)40-17-9-6-14-33(40)34-25-24-32(26-41(34)46)48(30-12-4-3-5-13-30)31-22-20-29(21-23-31)45-39-27-38-36-16-8-11-19-43(36)49-44(38)28-37(39)35-15-7-10-18-42(35)47-45/h3-28H,1-2H3. The maximum atomic E-state index is 5.30. The third-order valence-electron chi connectivity index (χ3n) is 10.4. The number of hydrogen-bond acceptors (Lipinski definition) is 3. The minimum Gasteiger partial charge on any atom is -0.310 e. The predicted molar refractivity (Wildman–Crippen MR) is 210 cm³/mol. The van der Waals surface area contributed by atoms with E-state index in [1.54, 1.807) is 0 Å². The van der Waals surface area contributed by atoms with E-state index in [-0.39, 0.29) is 5.41 Å². The monoisotopic (exact) mass is 644 g/mol. The van der Waals surface area contributed by atoms with Crippen LogP contribution in [0.25, 0.3) is 64.2 Å². The normalized spacial score (nSPS) is 13.3. The third-order valence-corrected chi connectivity index (χ3v) is 11.6. The van der Waals surface area contributed by atoms with E-state index in [4.69, 9.17) is 4.98 Å². The van der Waals surface area contributed by atoms with Gasteiger partial charge in [-0.25, -0.2) is 4.98 Å². The van der Waals surface area contributed by atoms with Crippen LogP contribution in [0, 0.1) is 0 Å². The second kappa shape index (κ2) is 10.6. The number of thiophene rings is 1. The van der Waals surface area contributed by atoms with Crippen molar-refractivity contribution in [2.24, 2.45) is 0 Å². The van der Waals surface area contributed by atoms with Crippen molar-refractivity contribution in [3.63, 3.8) is 0 Å². The van der Waals surface area contributed by atoms with Gasteiger partial charge in [-0.2, -0.15) is 0 Å². The number of anilines is 3. The summed E-state index contributed by atoms with van der Waals surface area (Å²) in [6, 6.07) is 57.5. The molecule has 1 aliphatic carbocycles. The molecule has 0 radical (unpaired) electrons. The van der Waals surface area contributed by atoms with Crippen LogP contribution in [0.5, 0.6) is 0 Å². The molecule has 0 atom stereocenters. The Balaban J connectivity index is 1.13. The van der Waals surface area contributed by atoms with Gasteiger partial charge in [0.15, 0.2) is 0 Å². The van der Waals surface area contributed by atoms with E-state index in [2.05, 4.69) is 176 Å². The molecular weight excluding hydrogens is 613 g/mol. The number of hydrogen-bond donors (Lipinski definition) is 0. The fourth-order valence-corrected chi connectivity index (χ4v) is 9.14. The zero-order valence-electron chi connectivity index (χ0n) is 27.3. The lowest BCUT2D eigenvalue weighted by Gasteiger charge is -2.28. The van der Waals surface area contributed by atoms with E-state index in [0.29, 0.717) is 0 Å². The molecule has 7 aromatic carbocycles. The van der Waals surface area contributed by atoms with Crippen LogP contribution in [0.3, 0.4) is 0 Å². The van der Waals surface area contributed by atoms with Gasteiger partial charge < -0.3 is 4.90 Å². The number of aromatic nitrogens is 1. The summed E-state index contributed by atoms with van der Waals surface area (Å²) >= 11 is 1.87. The highest BCUT2D eigenvalue weighted by Crippen LogP contribution is 2.50. The molecule has 49 heavy (non-hydrogen) atoms. The Morgan fingerprint density at radius 2 is 1.14 bits per heavy atom. The van der Waals surface area contributed by atoms with E-state index < -0.39 is 0 Å². The van der Waals surface area contributed by atoms with Gasteiger partial charge in [-0.15, -0.1) is 11.3 Å². The molecular formula is C46H32N2S. The quantitative estimate of drug-likeness (QED) is 0.177. The average Bonchev–Trinajstić information content (AvgIpc) is 3.62. The van der Waals surface area contributed by atoms with Crippen LogP contribution in [-0.4, -0.2) is 4.98 Å². The maximum absolute atomic E-state index is 5.30. The lowest BCUT2D eigenvalue weighted by atomic mass is 9.82. The second-order valence-electron chi connectivity index (χ2n) is 13.6. The third kappa shape index (κ3) is 4.29. The van der Waals surface area contributed by atoms with Gasteiger partial charge in [-0.05, 0) is 88.3 Å². The van der Waals surface area contributed by atoms with Crippen molar-refractivity contribution in [2.45, 2.75) is 19.3 Å². The molecule has 0 amide bonds. The Morgan fingerprint density at radius 1 is 0.469 bits per heavy atom. The number of para-hydroxylation sites is 2. The van der Waals surface area contributed by atoms with Gasteiger partial charge >= 0.3 is 0 Å². The molecule has 2 aromatic heterocycles. The summed E-state index contributed by atoms with van der Waals surface area (Å²) in [5.41, 5.74) is 11.9. The van der Waals surface area contributed by atoms with Crippen molar-refractivity contribution in [2.75, 3.05) is 4.90 Å². The molecule has 3 heteroatoms. The highest BCUT2D eigenvalue weighted by Gasteiger charge is 2.35. The summed E-state index contributed by atoms with van der Waals surface area (Å²) in [4.78, 5) is 7.67. The topological polar surface area (TPSA) is 16.1 Å². The summed E-state index contributed by atoms with van der Waals surface area (Å²) in [7, 11) is 0. The molecule has 0 spiro atoms. The molecule has 0 fully saturated rings. The van der Waals surface area contributed by atoms with Gasteiger partial charge in [-0.3, -0.25) is 0 Å². The summed E-state index contributed by atoms with van der Waals surface area (Å²) in [6.45, 7) is 4.69. The van der Waals surface area contributed by atoms with Crippen LogP contribution < -0.4 is 4.90 Å².